The highest BCUT2D eigenvalue weighted by atomic mass is 32.1. The van der Waals surface area contributed by atoms with E-state index in [0.29, 0.717) is 53.5 Å². The van der Waals surface area contributed by atoms with E-state index in [4.69, 9.17) is 48.4 Å². The van der Waals surface area contributed by atoms with Crippen molar-refractivity contribution in [3.05, 3.63) is 95.3 Å². The van der Waals surface area contributed by atoms with Gasteiger partial charge in [-0.15, -0.1) is 0 Å². The summed E-state index contributed by atoms with van der Waals surface area (Å²) in [4.78, 5) is 24.9. The van der Waals surface area contributed by atoms with Crippen molar-refractivity contribution < 1.29 is 57.3 Å². The zero-order valence-corrected chi connectivity index (χ0v) is 45.8. The summed E-state index contributed by atoms with van der Waals surface area (Å²) < 4.78 is 51.2. The van der Waals surface area contributed by atoms with Crippen LogP contribution in [0.5, 0.6) is 34.5 Å². The van der Waals surface area contributed by atoms with Crippen molar-refractivity contribution in [2.75, 3.05) is 54.8 Å². The van der Waals surface area contributed by atoms with Crippen LogP contribution in [0.3, 0.4) is 0 Å². The SMILES string of the molecule is COc1ccc(CCCC[C@H](O)COc2cccc3c2c(C)nn3C(=O)OC(C)(C)C)cc1OC.COc1ccc(CCN)cc1OC.Cc1nn(C(=O)OC(C)(C)C)c2cccc(OC[C@@H]3CO3)c12.S.S. The molecule has 2 aromatic heterocycles. The predicted octanol–water partition coefficient (Wildman–Crippen LogP) is 9.63. The Kier molecular flexibility index (Phi) is 23.4. The van der Waals surface area contributed by atoms with E-state index in [-0.39, 0.29) is 39.7 Å². The van der Waals surface area contributed by atoms with Crippen molar-refractivity contribution >= 4 is 61.0 Å². The fourth-order valence-corrected chi connectivity index (χ4v) is 7.32. The number of carbonyl (C=O) groups is 2. The van der Waals surface area contributed by atoms with Gasteiger partial charge in [0.2, 0.25) is 0 Å². The second-order valence-electron chi connectivity index (χ2n) is 18.6. The summed E-state index contributed by atoms with van der Waals surface area (Å²) in [6.45, 7) is 16.7. The maximum Gasteiger partial charge on any atom is 0.435 e. The van der Waals surface area contributed by atoms with E-state index in [2.05, 4.69) is 10.2 Å². The molecule has 3 N–H and O–H groups in total. The Morgan fingerprint density at radius 1 is 0.667 bits per heavy atom. The lowest BCUT2D eigenvalue weighted by Gasteiger charge is -2.19. The zero-order chi connectivity index (χ0) is 51.2. The van der Waals surface area contributed by atoms with E-state index in [1.165, 1.54) is 14.9 Å². The number of nitrogens with zero attached hydrogens (tertiary/aromatic N) is 4. The van der Waals surface area contributed by atoms with Crippen LogP contribution >= 0.6 is 27.0 Å². The van der Waals surface area contributed by atoms with Crippen molar-refractivity contribution in [1.82, 2.24) is 19.6 Å². The largest absolute Gasteiger partial charge is 0.493 e. The van der Waals surface area contributed by atoms with Crippen LogP contribution in [0.4, 0.5) is 9.59 Å². The Labute approximate surface area is 437 Å². The molecule has 0 unspecified atom stereocenters. The van der Waals surface area contributed by atoms with E-state index < -0.39 is 29.5 Å². The number of methoxy groups -OCH3 is 4. The molecule has 0 spiro atoms. The molecule has 6 aromatic rings. The molecular formula is C53H75N5O12S2. The number of carbonyl (C=O) groups excluding carboxylic acids is 2. The second-order valence-corrected chi connectivity index (χ2v) is 18.6. The Balaban J connectivity index is 0.000000315. The highest BCUT2D eigenvalue weighted by Crippen LogP contribution is 2.32. The average Bonchev–Trinajstić information content (AvgIpc) is 4.00. The summed E-state index contributed by atoms with van der Waals surface area (Å²) >= 11 is 0. The Bertz CT molecular complexity index is 2670. The van der Waals surface area contributed by atoms with E-state index in [1.807, 2.05) is 116 Å². The number of ether oxygens (including phenoxy) is 9. The average molecular weight is 1040 g/mol. The minimum atomic E-state index is -0.624. The highest BCUT2D eigenvalue weighted by molar-refractivity contribution is 7.59. The van der Waals surface area contributed by atoms with Gasteiger partial charge in [0.25, 0.3) is 0 Å². The molecule has 17 nitrogen and oxygen atoms in total. The van der Waals surface area contributed by atoms with Crippen LogP contribution in [0.1, 0.15) is 83.3 Å². The third-order valence-electron chi connectivity index (χ3n) is 10.7. The quantitative estimate of drug-likeness (QED) is 0.0645. The summed E-state index contributed by atoms with van der Waals surface area (Å²) in [7, 11) is 6.50. The van der Waals surface area contributed by atoms with Crippen LogP contribution in [0, 0.1) is 13.8 Å². The van der Waals surface area contributed by atoms with Gasteiger partial charge < -0.3 is 53.5 Å². The first kappa shape index (κ1) is 60.4. The first-order valence-corrected chi connectivity index (χ1v) is 23.4. The van der Waals surface area contributed by atoms with Gasteiger partial charge in [-0.25, -0.2) is 9.59 Å². The van der Waals surface area contributed by atoms with Gasteiger partial charge in [0, 0.05) is 0 Å². The lowest BCUT2D eigenvalue weighted by atomic mass is 10.0. The molecule has 1 saturated heterocycles. The Morgan fingerprint density at radius 3 is 1.53 bits per heavy atom. The number of aliphatic hydroxyl groups excluding tert-OH is 1. The van der Waals surface area contributed by atoms with Crippen LogP contribution in [0.2, 0.25) is 0 Å². The van der Waals surface area contributed by atoms with Crippen LogP contribution in [0.25, 0.3) is 21.8 Å². The fraction of sp³-hybridized carbons (Fsp3) is 0.472. The Hall–Kier alpha value is -5.86. The van der Waals surface area contributed by atoms with Crippen molar-refractivity contribution in [2.45, 2.75) is 111 Å². The van der Waals surface area contributed by atoms with Gasteiger partial charge in [-0.2, -0.15) is 46.6 Å². The summed E-state index contributed by atoms with van der Waals surface area (Å²) in [5.41, 5.74) is 9.27. The number of hydrogen-bond donors (Lipinski definition) is 2. The summed E-state index contributed by atoms with van der Waals surface area (Å²) in [5, 5.41) is 20.7. The molecule has 4 aromatic carbocycles. The summed E-state index contributed by atoms with van der Waals surface area (Å²) in [6.07, 6.45) is 2.71. The number of aliphatic hydroxyl groups is 1. The van der Waals surface area contributed by atoms with Gasteiger partial charge in [0.15, 0.2) is 23.0 Å². The molecule has 1 fully saturated rings. The molecule has 2 atom stereocenters. The number of unbranched alkanes of at least 4 members (excludes halogenated alkanes) is 1. The van der Waals surface area contributed by atoms with E-state index in [9.17, 15) is 14.7 Å². The Morgan fingerprint density at radius 2 is 1.11 bits per heavy atom. The molecule has 19 heteroatoms. The van der Waals surface area contributed by atoms with Crippen LogP contribution in [0.15, 0.2) is 72.8 Å². The predicted molar refractivity (Wildman–Crippen MR) is 289 cm³/mol. The lowest BCUT2D eigenvalue weighted by Crippen LogP contribution is -2.27. The van der Waals surface area contributed by atoms with E-state index in [0.717, 1.165) is 71.6 Å². The monoisotopic (exact) mass is 1040 g/mol. The molecule has 7 rings (SSSR count). The zero-order valence-electron chi connectivity index (χ0n) is 43.8. The van der Waals surface area contributed by atoms with Gasteiger partial charge in [0.05, 0.1) is 74.3 Å². The smallest absolute Gasteiger partial charge is 0.435 e. The molecule has 3 heterocycles. The number of epoxide rings is 1. The molecule has 1 aliphatic rings. The standard InChI is InChI=1S/C27H36N2O6.C16H20N2O4.C10H15NO2.2H2S/c1-18-25-21(29(28-18)26(31)35-27(2,3)4)12-9-13-23(25)34-17-20(30)11-8-7-10-19-14-15-22(32-5)24(16-19)33-6;1-10-14-12(18(17-10)15(19)22-16(2,3)4)6-5-7-13(14)21-9-11-8-20-11;1-12-9-4-3-8(5-6-11)7-10(9)13-2;;/h9,12-16,20,30H,7-8,10-11,17H2,1-6H3;5-7,11H,8-9H2,1-4H3;3-4,7H,5-6,11H2,1-2H3;2*1H2/t20-;11-;;;/m00.../s1. The first-order valence-electron chi connectivity index (χ1n) is 23.4. The third kappa shape index (κ3) is 17.4. The number of hydrogen-bond acceptors (Lipinski definition) is 15. The van der Waals surface area contributed by atoms with Crippen molar-refractivity contribution in [1.29, 1.82) is 0 Å². The van der Waals surface area contributed by atoms with Crippen LogP contribution in [-0.4, -0.2) is 115 Å². The first-order chi connectivity index (χ1) is 33.3. The molecule has 0 saturated carbocycles. The van der Waals surface area contributed by atoms with E-state index >= 15 is 0 Å². The molecular weight excluding hydrogens is 963 g/mol. The van der Waals surface area contributed by atoms with Crippen molar-refractivity contribution in [3.8, 4) is 34.5 Å². The number of nitrogens with two attached hydrogens (primary N) is 1. The fourth-order valence-electron chi connectivity index (χ4n) is 7.32. The molecule has 1 aliphatic heterocycles. The molecule has 0 radical (unpaired) electrons. The number of fused-ring (bicyclic) bond motifs is 2. The van der Waals surface area contributed by atoms with Crippen molar-refractivity contribution in [2.24, 2.45) is 5.73 Å². The normalized spacial score (nSPS) is 13.2. The van der Waals surface area contributed by atoms with Gasteiger partial charge in [-0.1, -0.05) is 30.7 Å². The molecule has 0 aliphatic carbocycles. The van der Waals surface area contributed by atoms with E-state index in [1.54, 1.807) is 40.6 Å². The lowest BCUT2D eigenvalue weighted by molar-refractivity contribution is 0.0511. The maximum absolute atomic E-state index is 12.6. The summed E-state index contributed by atoms with van der Waals surface area (Å²) in [6, 6.07) is 22.7. The van der Waals surface area contributed by atoms with Gasteiger partial charge >= 0.3 is 12.2 Å². The minimum Gasteiger partial charge on any atom is -0.493 e. The topological polar surface area (TPSA) is 202 Å². The number of aromatic nitrogens is 4. The number of benzene rings is 4. The third-order valence-corrected chi connectivity index (χ3v) is 10.7. The van der Waals surface area contributed by atoms with Gasteiger partial charge in [0.1, 0.15) is 42.0 Å². The molecule has 0 bridgehead atoms. The van der Waals surface area contributed by atoms with Crippen molar-refractivity contribution in [3.63, 3.8) is 0 Å². The minimum absolute atomic E-state index is 0. The number of aryl methyl sites for hydroxylation is 3. The van der Waals surface area contributed by atoms with Gasteiger partial charge in [-0.05, 0) is 147 Å². The maximum atomic E-state index is 12.6. The van der Waals surface area contributed by atoms with Crippen LogP contribution < -0.4 is 34.2 Å². The van der Waals surface area contributed by atoms with Gasteiger partial charge in [-0.3, -0.25) is 0 Å². The number of rotatable bonds is 17. The highest BCUT2D eigenvalue weighted by Gasteiger charge is 2.26. The van der Waals surface area contributed by atoms with Crippen LogP contribution in [-0.2, 0) is 27.1 Å². The summed E-state index contributed by atoms with van der Waals surface area (Å²) in [5.74, 6) is 4.24. The molecule has 396 valence electrons. The molecule has 0 amide bonds. The second kappa shape index (κ2) is 27.8. The molecule has 72 heavy (non-hydrogen) atoms.